The molecule has 0 saturated carbocycles. The fourth-order valence-corrected chi connectivity index (χ4v) is 3.80. The van der Waals surface area contributed by atoms with Crippen LogP contribution in [-0.4, -0.2) is 17.5 Å². The van der Waals surface area contributed by atoms with Crippen LogP contribution < -0.4 is 10.1 Å². The van der Waals surface area contributed by atoms with E-state index >= 15 is 0 Å². The summed E-state index contributed by atoms with van der Waals surface area (Å²) >= 11 is 1.61. The molecule has 1 aliphatic carbocycles. The Morgan fingerprint density at radius 3 is 2.91 bits per heavy atom. The molecule has 0 unspecified atom stereocenters. The molecule has 0 aliphatic heterocycles. The summed E-state index contributed by atoms with van der Waals surface area (Å²) in [6, 6.07) is 7.17. The standard InChI is InChI=1S/C17H20N2O2S/c1-3-21-13-7-5-12(6-8-13)16(20)19-17-18-14-9-4-11(2)10-15(14)22-17/h5-8,11H,3-4,9-10H2,1-2H3,(H,18,19,20)/t11-/m0/s1. The van der Waals surface area contributed by atoms with Gasteiger partial charge in [-0.3, -0.25) is 10.1 Å². The molecule has 0 radical (unpaired) electrons. The van der Waals surface area contributed by atoms with Gasteiger partial charge in [-0.15, -0.1) is 11.3 Å². The maximum absolute atomic E-state index is 12.3. The number of rotatable bonds is 4. The number of aryl methyl sites for hydroxylation is 1. The Kier molecular flexibility index (Phi) is 4.43. The van der Waals surface area contributed by atoms with Gasteiger partial charge in [0, 0.05) is 10.4 Å². The minimum absolute atomic E-state index is 0.123. The number of carbonyl (C=O) groups excluding carboxylic acids is 1. The maximum atomic E-state index is 12.3. The number of amides is 1. The van der Waals surface area contributed by atoms with E-state index in [-0.39, 0.29) is 5.91 Å². The van der Waals surface area contributed by atoms with E-state index in [0.717, 1.165) is 24.3 Å². The zero-order chi connectivity index (χ0) is 15.5. The average Bonchev–Trinajstić information content (AvgIpc) is 2.89. The van der Waals surface area contributed by atoms with Crippen LogP contribution in [0.5, 0.6) is 5.75 Å². The number of nitrogens with zero attached hydrogens (tertiary/aromatic N) is 1. The van der Waals surface area contributed by atoms with Crippen molar-refractivity contribution in [2.24, 2.45) is 5.92 Å². The number of thiazole rings is 1. The van der Waals surface area contributed by atoms with Gasteiger partial charge >= 0.3 is 0 Å². The van der Waals surface area contributed by atoms with Crippen LogP contribution in [0.25, 0.3) is 0 Å². The van der Waals surface area contributed by atoms with Gasteiger partial charge < -0.3 is 4.74 Å². The zero-order valence-electron chi connectivity index (χ0n) is 12.9. The van der Waals surface area contributed by atoms with E-state index in [1.54, 1.807) is 23.5 Å². The summed E-state index contributed by atoms with van der Waals surface area (Å²) < 4.78 is 5.38. The van der Waals surface area contributed by atoms with Crippen LogP contribution in [0, 0.1) is 5.92 Å². The first-order chi connectivity index (χ1) is 10.7. The largest absolute Gasteiger partial charge is 0.494 e. The van der Waals surface area contributed by atoms with Gasteiger partial charge in [0.2, 0.25) is 0 Å². The second-order valence-corrected chi connectivity index (χ2v) is 6.73. The SMILES string of the molecule is CCOc1ccc(C(=O)Nc2nc3c(s2)C[C@@H](C)CC3)cc1. The molecule has 1 amide bonds. The Bertz CT molecular complexity index is 664. The van der Waals surface area contributed by atoms with Crippen LogP contribution >= 0.6 is 11.3 Å². The smallest absolute Gasteiger partial charge is 0.257 e. The summed E-state index contributed by atoms with van der Waals surface area (Å²) in [6.45, 7) is 4.82. The molecule has 2 aromatic rings. The minimum atomic E-state index is -0.123. The Morgan fingerprint density at radius 2 is 2.18 bits per heavy atom. The molecule has 0 spiro atoms. The lowest BCUT2D eigenvalue weighted by molar-refractivity contribution is 0.102. The molecule has 116 valence electrons. The summed E-state index contributed by atoms with van der Waals surface area (Å²) in [7, 11) is 0. The summed E-state index contributed by atoms with van der Waals surface area (Å²) in [4.78, 5) is 18.2. The number of anilines is 1. The van der Waals surface area contributed by atoms with Crippen molar-refractivity contribution in [3.8, 4) is 5.75 Å². The van der Waals surface area contributed by atoms with Crippen molar-refractivity contribution in [3.05, 3.63) is 40.4 Å². The minimum Gasteiger partial charge on any atom is -0.494 e. The third-order valence-corrected chi connectivity index (χ3v) is 4.87. The first-order valence-corrected chi connectivity index (χ1v) is 8.50. The Hall–Kier alpha value is -1.88. The van der Waals surface area contributed by atoms with E-state index in [0.29, 0.717) is 23.2 Å². The van der Waals surface area contributed by atoms with Crippen LogP contribution in [0.15, 0.2) is 24.3 Å². The predicted molar refractivity (Wildman–Crippen MR) is 88.9 cm³/mol. The highest BCUT2D eigenvalue weighted by Crippen LogP contribution is 2.32. The molecule has 1 N–H and O–H groups in total. The van der Waals surface area contributed by atoms with Gasteiger partial charge in [-0.25, -0.2) is 4.98 Å². The molecule has 5 heteroatoms. The van der Waals surface area contributed by atoms with Crippen LogP contribution in [0.1, 0.15) is 41.2 Å². The molecule has 1 aromatic carbocycles. The zero-order valence-corrected chi connectivity index (χ0v) is 13.7. The Morgan fingerprint density at radius 1 is 1.41 bits per heavy atom. The molecule has 22 heavy (non-hydrogen) atoms. The lowest BCUT2D eigenvalue weighted by Crippen LogP contribution is -2.12. The molecule has 0 fully saturated rings. The van der Waals surface area contributed by atoms with Gasteiger partial charge in [-0.2, -0.15) is 0 Å². The summed E-state index contributed by atoms with van der Waals surface area (Å²) in [6.07, 6.45) is 3.28. The number of aromatic nitrogens is 1. The van der Waals surface area contributed by atoms with Crippen molar-refractivity contribution in [1.29, 1.82) is 0 Å². The van der Waals surface area contributed by atoms with Crippen molar-refractivity contribution in [2.75, 3.05) is 11.9 Å². The third kappa shape index (κ3) is 3.30. The highest BCUT2D eigenvalue weighted by molar-refractivity contribution is 7.15. The molecule has 1 aromatic heterocycles. The highest BCUT2D eigenvalue weighted by atomic mass is 32.1. The number of ether oxygens (including phenoxy) is 1. The van der Waals surface area contributed by atoms with Crippen LogP contribution in [-0.2, 0) is 12.8 Å². The highest BCUT2D eigenvalue weighted by Gasteiger charge is 2.20. The number of hydrogen-bond acceptors (Lipinski definition) is 4. The van der Waals surface area contributed by atoms with E-state index < -0.39 is 0 Å². The van der Waals surface area contributed by atoms with E-state index in [1.807, 2.05) is 19.1 Å². The number of hydrogen-bond donors (Lipinski definition) is 1. The number of nitrogens with one attached hydrogen (secondary N) is 1. The molecular weight excluding hydrogens is 296 g/mol. The van der Waals surface area contributed by atoms with E-state index in [2.05, 4.69) is 17.2 Å². The Balaban J connectivity index is 1.69. The second kappa shape index (κ2) is 6.48. The molecule has 4 nitrogen and oxygen atoms in total. The predicted octanol–water partition coefficient (Wildman–Crippen LogP) is 3.92. The summed E-state index contributed by atoms with van der Waals surface area (Å²) in [5.41, 5.74) is 1.77. The number of fused-ring (bicyclic) bond motifs is 1. The molecule has 1 aliphatic rings. The lowest BCUT2D eigenvalue weighted by Gasteiger charge is -2.15. The van der Waals surface area contributed by atoms with Gasteiger partial charge in [-0.1, -0.05) is 6.92 Å². The molecule has 1 heterocycles. The summed E-state index contributed by atoms with van der Waals surface area (Å²) in [5.74, 6) is 1.36. The van der Waals surface area contributed by atoms with Gasteiger partial charge in [0.15, 0.2) is 5.13 Å². The van der Waals surface area contributed by atoms with Crippen molar-refractivity contribution >= 4 is 22.4 Å². The van der Waals surface area contributed by atoms with Crippen molar-refractivity contribution in [3.63, 3.8) is 0 Å². The quantitative estimate of drug-likeness (QED) is 0.930. The fourth-order valence-electron chi connectivity index (χ4n) is 2.63. The van der Waals surface area contributed by atoms with Crippen LogP contribution in [0.2, 0.25) is 0 Å². The normalized spacial score (nSPS) is 16.9. The van der Waals surface area contributed by atoms with Crippen molar-refractivity contribution in [2.45, 2.75) is 33.1 Å². The van der Waals surface area contributed by atoms with Crippen LogP contribution in [0.4, 0.5) is 5.13 Å². The Labute approximate surface area is 134 Å². The van der Waals surface area contributed by atoms with Crippen molar-refractivity contribution in [1.82, 2.24) is 4.98 Å². The number of benzene rings is 1. The monoisotopic (exact) mass is 316 g/mol. The average molecular weight is 316 g/mol. The first-order valence-electron chi connectivity index (χ1n) is 7.68. The van der Waals surface area contributed by atoms with E-state index in [1.165, 1.54) is 11.3 Å². The van der Waals surface area contributed by atoms with E-state index in [4.69, 9.17) is 4.74 Å². The first kappa shape index (κ1) is 15.0. The summed E-state index contributed by atoms with van der Waals surface area (Å²) in [5, 5.41) is 3.62. The van der Waals surface area contributed by atoms with Crippen molar-refractivity contribution < 1.29 is 9.53 Å². The second-order valence-electron chi connectivity index (χ2n) is 5.65. The molecule has 1 atom stereocenters. The molecular formula is C17H20N2O2S. The maximum Gasteiger partial charge on any atom is 0.257 e. The van der Waals surface area contributed by atoms with E-state index in [9.17, 15) is 4.79 Å². The lowest BCUT2D eigenvalue weighted by atomic mass is 9.93. The fraction of sp³-hybridized carbons (Fsp3) is 0.412. The van der Waals surface area contributed by atoms with Gasteiger partial charge in [0.05, 0.1) is 12.3 Å². The third-order valence-electron chi connectivity index (χ3n) is 3.83. The molecule has 0 bridgehead atoms. The van der Waals surface area contributed by atoms with Gasteiger partial charge in [-0.05, 0) is 56.4 Å². The van der Waals surface area contributed by atoms with Gasteiger partial charge in [0.1, 0.15) is 5.75 Å². The molecule has 3 rings (SSSR count). The van der Waals surface area contributed by atoms with Crippen LogP contribution in [0.3, 0.4) is 0 Å². The van der Waals surface area contributed by atoms with Gasteiger partial charge in [0.25, 0.3) is 5.91 Å². The number of carbonyl (C=O) groups is 1. The topological polar surface area (TPSA) is 51.2 Å². The molecule has 0 saturated heterocycles.